The summed E-state index contributed by atoms with van der Waals surface area (Å²) < 4.78 is 5.87. The number of para-hydroxylation sites is 2. The fraction of sp³-hybridized carbons (Fsp3) is 0.182. The first-order valence-electron chi connectivity index (χ1n) is 8.98. The maximum atomic E-state index is 13.3. The first-order valence-corrected chi connectivity index (χ1v) is 8.98. The van der Waals surface area contributed by atoms with Crippen molar-refractivity contribution in [2.24, 2.45) is 0 Å². The van der Waals surface area contributed by atoms with Crippen LogP contribution >= 0.6 is 0 Å². The molecule has 0 atom stereocenters. The quantitative estimate of drug-likeness (QED) is 0.710. The molecular weight excluding hydrogens is 338 g/mol. The van der Waals surface area contributed by atoms with Crippen LogP contribution in [-0.2, 0) is 6.54 Å². The predicted molar refractivity (Wildman–Crippen MR) is 105 cm³/mol. The normalized spacial score (nSPS) is 13.7. The molecule has 0 saturated heterocycles. The van der Waals surface area contributed by atoms with Crippen molar-refractivity contribution in [3.05, 3.63) is 84.1 Å². The second-order valence-corrected chi connectivity index (χ2v) is 6.55. The van der Waals surface area contributed by atoms with E-state index in [9.17, 15) is 4.79 Å². The molecule has 0 bridgehead atoms. The third kappa shape index (κ3) is 3.62. The summed E-state index contributed by atoms with van der Waals surface area (Å²) in [6.07, 6.45) is 1.64. The van der Waals surface area contributed by atoms with E-state index in [1.807, 2.05) is 47.4 Å². The zero-order valence-electron chi connectivity index (χ0n) is 15.2. The summed E-state index contributed by atoms with van der Waals surface area (Å²) in [5, 5.41) is 0. The number of likely N-dealkylation sites (N-methyl/N-ethyl adjacent to an activating group) is 1. The molecule has 1 amide bonds. The van der Waals surface area contributed by atoms with Gasteiger partial charge in [-0.2, -0.15) is 0 Å². The topological polar surface area (TPSA) is 45.7 Å². The lowest BCUT2D eigenvalue weighted by Crippen LogP contribution is -2.34. The lowest BCUT2D eigenvalue weighted by atomic mass is 10.1. The van der Waals surface area contributed by atoms with Crippen LogP contribution in [0.3, 0.4) is 0 Å². The highest BCUT2D eigenvalue weighted by Crippen LogP contribution is 2.27. The van der Waals surface area contributed by atoms with Crippen LogP contribution < -0.4 is 9.64 Å². The second-order valence-electron chi connectivity index (χ2n) is 6.55. The number of benzene rings is 2. The van der Waals surface area contributed by atoms with Crippen LogP contribution in [0, 0.1) is 0 Å². The molecule has 0 spiro atoms. The van der Waals surface area contributed by atoms with Crippen LogP contribution in [-0.4, -0.2) is 35.9 Å². The third-order valence-corrected chi connectivity index (χ3v) is 4.72. The van der Waals surface area contributed by atoms with Crippen LogP contribution in [0.1, 0.15) is 15.9 Å². The molecule has 4 rings (SSSR count). The minimum Gasteiger partial charge on any atom is -0.438 e. The number of carbonyl (C=O) groups excluding carboxylic acids is 1. The number of nitrogens with zero attached hydrogens (tertiary/aromatic N) is 3. The molecule has 2 heterocycles. The molecular formula is C22H21N3O2. The average molecular weight is 359 g/mol. The van der Waals surface area contributed by atoms with E-state index in [0.29, 0.717) is 30.3 Å². The van der Waals surface area contributed by atoms with Gasteiger partial charge in [0.05, 0.1) is 0 Å². The van der Waals surface area contributed by atoms with Gasteiger partial charge in [-0.25, -0.2) is 4.98 Å². The van der Waals surface area contributed by atoms with Crippen molar-refractivity contribution in [2.45, 2.75) is 6.54 Å². The first-order chi connectivity index (χ1) is 13.2. The lowest BCUT2D eigenvalue weighted by Gasteiger charge is -2.22. The van der Waals surface area contributed by atoms with Crippen LogP contribution in [0.5, 0.6) is 11.6 Å². The Bertz CT molecular complexity index is 943. The van der Waals surface area contributed by atoms with Gasteiger partial charge in [0.25, 0.3) is 5.91 Å². The van der Waals surface area contributed by atoms with Gasteiger partial charge in [-0.15, -0.1) is 0 Å². The van der Waals surface area contributed by atoms with Crippen molar-refractivity contribution in [3.8, 4) is 11.6 Å². The molecule has 1 aliphatic rings. The van der Waals surface area contributed by atoms with E-state index in [1.54, 1.807) is 18.3 Å². The zero-order chi connectivity index (χ0) is 18.6. The van der Waals surface area contributed by atoms with Gasteiger partial charge in [0, 0.05) is 38.6 Å². The van der Waals surface area contributed by atoms with Gasteiger partial charge in [0.2, 0.25) is 5.88 Å². The highest BCUT2D eigenvalue weighted by Gasteiger charge is 2.25. The number of amides is 1. The van der Waals surface area contributed by atoms with Crippen LogP contribution in [0.2, 0.25) is 0 Å². The van der Waals surface area contributed by atoms with Gasteiger partial charge in [0.15, 0.2) is 0 Å². The van der Waals surface area contributed by atoms with Gasteiger partial charge < -0.3 is 14.5 Å². The summed E-state index contributed by atoms with van der Waals surface area (Å²) in [4.78, 5) is 21.6. The van der Waals surface area contributed by atoms with Crippen molar-refractivity contribution in [3.63, 3.8) is 0 Å². The number of anilines is 1. The molecule has 1 aliphatic heterocycles. The third-order valence-electron chi connectivity index (χ3n) is 4.72. The summed E-state index contributed by atoms with van der Waals surface area (Å²) >= 11 is 0. The molecule has 1 aromatic heterocycles. The average Bonchev–Trinajstić information content (AvgIpc) is 2.88. The fourth-order valence-electron chi connectivity index (χ4n) is 3.27. The SMILES string of the molecule is CN1CCN(C(=O)c2cccnc2Oc2ccccc2)Cc2ccccc21. The molecule has 136 valence electrons. The van der Waals surface area contributed by atoms with E-state index >= 15 is 0 Å². The molecule has 2 aromatic carbocycles. The van der Waals surface area contributed by atoms with E-state index in [1.165, 1.54) is 5.69 Å². The summed E-state index contributed by atoms with van der Waals surface area (Å²) in [6, 6.07) is 21.1. The van der Waals surface area contributed by atoms with Crippen LogP contribution in [0.4, 0.5) is 5.69 Å². The van der Waals surface area contributed by atoms with E-state index in [2.05, 4.69) is 29.1 Å². The Morgan fingerprint density at radius 1 is 0.963 bits per heavy atom. The number of fused-ring (bicyclic) bond motifs is 1. The Labute approximate surface area is 158 Å². The molecule has 5 heteroatoms. The molecule has 0 N–H and O–H groups in total. The molecule has 0 saturated carbocycles. The molecule has 0 radical (unpaired) electrons. The standard InChI is InChI=1S/C22H21N3O2/c1-24-14-15-25(16-17-8-5-6-12-20(17)24)22(26)19-11-7-13-23-21(19)27-18-9-3-2-4-10-18/h2-13H,14-16H2,1H3. The van der Waals surface area contributed by atoms with Crippen LogP contribution in [0.25, 0.3) is 0 Å². The number of pyridine rings is 1. The Kier molecular flexibility index (Phi) is 4.75. The van der Waals surface area contributed by atoms with Crippen molar-refractivity contribution >= 4 is 11.6 Å². The van der Waals surface area contributed by atoms with Gasteiger partial charge in [-0.3, -0.25) is 4.79 Å². The largest absolute Gasteiger partial charge is 0.438 e. The Hall–Kier alpha value is -3.34. The summed E-state index contributed by atoms with van der Waals surface area (Å²) in [5.74, 6) is 0.921. The van der Waals surface area contributed by atoms with Gasteiger partial charge >= 0.3 is 0 Å². The molecule has 3 aromatic rings. The van der Waals surface area contributed by atoms with E-state index < -0.39 is 0 Å². The van der Waals surface area contributed by atoms with Crippen molar-refractivity contribution in [2.75, 3.05) is 25.0 Å². The van der Waals surface area contributed by atoms with Gasteiger partial charge in [-0.1, -0.05) is 36.4 Å². The molecule has 27 heavy (non-hydrogen) atoms. The Balaban J connectivity index is 1.62. The molecule has 0 unspecified atom stereocenters. The monoisotopic (exact) mass is 359 g/mol. The van der Waals surface area contributed by atoms with Crippen LogP contribution in [0.15, 0.2) is 72.9 Å². The number of ether oxygens (including phenoxy) is 1. The second kappa shape index (κ2) is 7.50. The summed E-state index contributed by atoms with van der Waals surface area (Å²) in [7, 11) is 2.06. The Morgan fingerprint density at radius 3 is 2.59 bits per heavy atom. The smallest absolute Gasteiger partial charge is 0.259 e. The van der Waals surface area contributed by atoms with E-state index in [-0.39, 0.29) is 5.91 Å². The fourth-order valence-corrected chi connectivity index (χ4v) is 3.27. The van der Waals surface area contributed by atoms with Gasteiger partial charge in [-0.05, 0) is 35.9 Å². The van der Waals surface area contributed by atoms with Crippen molar-refractivity contribution in [1.82, 2.24) is 9.88 Å². The minimum atomic E-state index is -0.0702. The zero-order valence-corrected chi connectivity index (χ0v) is 15.2. The van der Waals surface area contributed by atoms with Crippen molar-refractivity contribution < 1.29 is 9.53 Å². The molecule has 5 nitrogen and oxygen atoms in total. The van der Waals surface area contributed by atoms with E-state index in [0.717, 1.165) is 12.1 Å². The summed E-state index contributed by atoms with van der Waals surface area (Å²) in [6.45, 7) is 1.99. The number of hydrogen-bond acceptors (Lipinski definition) is 4. The highest BCUT2D eigenvalue weighted by atomic mass is 16.5. The number of aromatic nitrogens is 1. The predicted octanol–water partition coefficient (Wildman–Crippen LogP) is 3.97. The maximum Gasteiger partial charge on any atom is 0.259 e. The first kappa shape index (κ1) is 17.1. The number of hydrogen-bond donors (Lipinski definition) is 0. The van der Waals surface area contributed by atoms with Crippen molar-refractivity contribution in [1.29, 1.82) is 0 Å². The molecule has 0 fully saturated rings. The van der Waals surface area contributed by atoms with Gasteiger partial charge in [0.1, 0.15) is 11.3 Å². The summed E-state index contributed by atoms with van der Waals surface area (Å²) in [5.41, 5.74) is 2.78. The maximum absolute atomic E-state index is 13.3. The number of rotatable bonds is 3. The Morgan fingerprint density at radius 2 is 1.74 bits per heavy atom. The molecule has 0 aliphatic carbocycles. The highest BCUT2D eigenvalue weighted by molar-refractivity contribution is 5.96. The minimum absolute atomic E-state index is 0.0702. The van der Waals surface area contributed by atoms with E-state index in [4.69, 9.17) is 4.74 Å². The lowest BCUT2D eigenvalue weighted by molar-refractivity contribution is 0.0748. The number of carbonyl (C=O) groups is 1.